The van der Waals surface area contributed by atoms with Crippen molar-refractivity contribution in [2.45, 2.75) is 18.9 Å². The van der Waals surface area contributed by atoms with Crippen LogP contribution in [-0.2, 0) is 9.59 Å². The monoisotopic (exact) mass is 349 g/mol. The zero-order chi connectivity index (χ0) is 17.1. The molecule has 0 saturated carbocycles. The van der Waals surface area contributed by atoms with Crippen molar-refractivity contribution in [2.75, 3.05) is 18.4 Å². The van der Waals surface area contributed by atoms with E-state index in [0.29, 0.717) is 23.8 Å². The number of carboxylic acids is 1. The number of aromatic nitrogens is 1. The fourth-order valence-electron chi connectivity index (χ4n) is 2.72. The molecule has 126 valence electrons. The van der Waals surface area contributed by atoms with E-state index in [4.69, 9.17) is 5.11 Å². The predicted molar refractivity (Wildman–Crippen MR) is 88.4 cm³/mol. The van der Waals surface area contributed by atoms with Gasteiger partial charge in [-0.2, -0.15) is 0 Å². The molecule has 1 aliphatic heterocycles. The highest BCUT2D eigenvalue weighted by atomic mass is 32.1. The summed E-state index contributed by atoms with van der Waals surface area (Å²) in [6, 6.07) is 5.36. The first-order valence-electron chi connectivity index (χ1n) is 7.51. The standard InChI is InChI=1S/C16H16FN3O3S/c17-11-5-3-10(4-6-11)12-9-24-16(18-12)19-14(21)8-20-7-1-2-13(20)15(22)23/h3-6,9,13H,1-2,7-8H2,(H,22,23)(H,18,19,21)/t13-/m1/s1. The van der Waals surface area contributed by atoms with Gasteiger partial charge in [-0.25, -0.2) is 9.37 Å². The largest absolute Gasteiger partial charge is 0.480 e. The third-order valence-corrected chi connectivity index (χ3v) is 4.64. The molecule has 0 radical (unpaired) electrons. The lowest BCUT2D eigenvalue weighted by molar-refractivity contribution is -0.142. The van der Waals surface area contributed by atoms with E-state index in [1.807, 2.05) is 0 Å². The Kier molecular flexibility index (Phi) is 4.86. The number of nitrogens with zero attached hydrogens (tertiary/aromatic N) is 2. The summed E-state index contributed by atoms with van der Waals surface area (Å²) >= 11 is 1.27. The molecule has 2 aromatic rings. The number of aliphatic carboxylic acids is 1. The van der Waals surface area contributed by atoms with Crippen LogP contribution in [0.2, 0.25) is 0 Å². The Morgan fingerprint density at radius 1 is 1.38 bits per heavy atom. The minimum absolute atomic E-state index is 0.0302. The van der Waals surface area contributed by atoms with E-state index in [-0.39, 0.29) is 18.3 Å². The van der Waals surface area contributed by atoms with Crippen molar-refractivity contribution in [1.82, 2.24) is 9.88 Å². The second-order valence-corrected chi connectivity index (χ2v) is 6.42. The molecule has 8 heteroatoms. The lowest BCUT2D eigenvalue weighted by atomic mass is 10.2. The van der Waals surface area contributed by atoms with Crippen LogP contribution in [0.25, 0.3) is 11.3 Å². The predicted octanol–water partition coefficient (Wildman–Crippen LogP) is 2.44. The van der Waals surface area contributed by atoms with Gasteiger partial charge in [0.15, 0.2) is 5.13 Å². The van der Waals surface area contributed by atoms with Gasteiger partial charge >= 0.3 is 5.97 Å². The normalized spacial score (nSPS) is 17.8. The van der Waals surface area contributed by atoms with Crippen molar-refractivity contribution in [1.29, 1.82) is 0 Å². The SMILES string of the molecule is O=C(CN1CCC[C@@H]1C(=O)O)Nc1nc(-c2ccc(F)cc2)cs1. The molecule has 0 unspecified atom stereocenters. The summed E-state index contributed by atoms with van der Waals surface area (Å²) in [4.78, 5) is 29.2. The Hall–Kier alpha value is -2.32. The number of benzene rings is 1. The van der Waals surface area contributed by atoms with Gasteiger partial charge in [0.25, 0.3) is 0 Å². The molecule has 2 N–H and O–H groups in total. The second-order valence-electron chi connectivity index (χ2n) is 5.56. The van der Waals surface area contributed by atoms with E-state index < -0.39 is 12.0 Å². The lowest BCUT2D eigenvalue weighted by Gasteiger charge is -2.19. The van der Waals surface area contributed by atoms with E-state index >= 15 is 0 Å². The first-order valence-corrected chi connectivity index (χ1v) is 8.39. The van der Waals surface area contributed by atoms with Gasteiger partial charge in [-0.05, 0) is 43.7 Å². The number of thiazole rings is 1. The third-order valence-electron chi connectivity index (χ3n) is 3.89. The fraction of sp³-hybridized carbons (Fsp3) is 0.312. The van der Waals surface area contributed by atoms with Crippen LogP contribution in [0.5, 0.6) is 0 Å². The number of halogens is 1. The van der Waals surface area contributed by atoms with Crippen molar-refractivity contribution < 1.29 is 19.1 Å². The van der Waals surface area contributed by atoms with E-state index in [9.17, 15) is 14.0 Å². The molecule has 3 rings (SSSR count). The van der Waals surface area contributed by atoms with Crippen LogP contribution in [-0.4, -0.2) is 46.0 Å². The molecule has 1 aromatic carbocycles. The average molecular weight is 349 g/mol. The van der Waals surface area contributed by atoms with Gasteiger partial charge in [0.1, 0.15) is 11.9 Å². The first-order chi connectivity index (χ1) is 11.5. The van der Waals surface area contributed by atoms with Crippen molar-refractivity contribution in [2.24, 2.45) is 0 Å². The number of carbonyl (C=O) groups excluding carboxylic acids is 1. The topological polar surface area (TPSA) is 82.5 Å². The Morgan fingerprint density at radius 3 is 2.83 bits per heavy atom. The number of amides is 1. The Labute approximate surface area is 141 Å². The molecule has 0 aliphatic carbocycles. The van der Waals surface area contributed by atoms with Gasteiger partial charge in [0.05, 0.1) is 12.2 Å². The molecular formula is C16H16FN3O3S. The van der Waals surface area contributed by atoms with Gasteiger partial charge in [0.2, 0.25) is 5.91 Å². The molecule has 1 amide bonds. The smallest absolute Gasteiger partial charge is 0.320 e. The summed E-state index contributed by atoms with van der Waals surface area (Å²) in [5.74, 6) is -1.50. The Balaban J connectivity index is 1.61. The van der Waals surface area contributed by atoms with Crippen LogP contribution in [0, 0.1) is 5.82 Å². The Morgan fingerprint density at radius 2 is 2.12 bits per heavy atom. The molecule has 1 saturated heterocycles. The summed E-state index contributed by atoms with van der Waals surface area (Å²) in [5.41, 5.74) is 1.42. The van der Waals surface area contributed by atoms with Gasteiger partial charge < -0.3 is 10.4 Å². The lowest BCUT2D eigenvalue weighted by Crippen LogP contribution is -2.40. The maximum absolute atomic E-state index is 12.9. The number of carbonyl (C=O) groups is 2. The van der Waals surface area contributed by atoms with Crippen molar-refractivity contribution in [3.8, 4) is 11.3 Å². The van der Waals surface area contributed by atoms with Crippen molar-refractivity contribution in [3.63, 3.8) is 0 Å². The van der Waals surface area contributed by atoms with Gasteiger partial charge in [0, 0.05) is 10.9 Å². The molecule has 2 heterocycles. The molecule has 0 spiro atoms. The summed E-state index contributed by atoms with van der Waals surface area (Å²) < 4.78 is 12.9. The van der Waals surface area contributed by atoms with E-state index in [2.05, 4.69) is 10.3 Å². The number of anilines is 1. The summed E-state index contributed by atoms with van der Waals surface area (Å²) in [7, 11) is 0. The number of carboxylic acid groups (broad SMARTS) is 1. The van der Waals surface area contributed by atoms with Gasteiger partial charge in [-0.15, -0.1) is 11.3 Å². The van der Waals surface area contributed by atoms with Crippen LogP contribution in [0.4, 0.5) is 9.52 Å². The van der Waals surface area contributed by atoms with E-state index in [1.54, 1.807) is 22.4 Å². The summed E-state index contributed by atoms with van der Waals surface area (Å²) in [6.45, 7) is 0.630. The minimum atomic E-state index is -0.895. The van der Waals surface area contributed by atoms with Crippen LogP contribution in [0.1, 0.15) is 12.8 Å². The quantitative estimate of drug-likeness (QED) is 0.866. The molecule has 6 nitrogen and oxygen atoms in total. The fourth-order valence-corrected chi connectivity index (χ4v) is 3.46. The highest BCUT2D eigenvalue weighted by Crippen LogP contribution is 2.25. The molecular weight excluding hydrogens is 333 g/mol. The average Bonchev–Trinajstić information content (AvgIpc) is 3.17. The highest BCUT2D eigenvalue weighted by Gasteiger charge is 2.31. The highest BCUT2D eigenvalue weighted by molar-refractivity contribution is 7.14. The van der Waals surface area contributed by atoms with Crippen molar-refractivity contribution in [3.05, 3.63) is 35.5 Å². The van der Waals surface area contributed by atoms with Crippen LogP contribution < -0.4 is 5.32 Å². The van der Waals surface area contributed by atoms with Crippen LogP contribution in [0.15, 0.2) is 29.6 Å². The molecule has 1 fully saturated rings. The zero-order valence-electron chi connectivity index (χ0n) is 12.7. The first kappa shape index (κ1) is 16.5. The van der Waals surface area contributed by atoms with Crippen LogP contribution >= 0.6 is 11.3 Å². The summed E-state index contributed by atoms with van der Waals surface area (Å²) in [5, 5.41) is 14.0. The van der Waals surface area contributed by atoms with E-state index in [1.165, 1.54) is 23.5 Å². The van der Waals surface area contributed by atoms with Crippen LogP contribution in [0.3, 0.4) is 0 Å². The third kappa shape index (κ3) is 3.77. The Bertz CT molecular complexity index is 747. The number of nitrogens with one attached hydrogen (secondary N) is 1. The molecule has 1 aromatic heterocycles. The summed E-state index contributed by atoms with van der Waals surface area (Å²) in [6.07, 6.45) is 1.34. The number of hydrogen-bond donors (Lipinski definition) is 2. The maximum atomic E-state index is 12.9. The maximum Gasteiger partial charge on any atom is 0.320 e. The second kappa shape index (κ2) is 7.06. The zero-order valence-corrected chi connectivity index (χ0v) is 13.6. The van der Waals surface area contributed by atoms with Crippen molar-refractivity contribution >= 4 is 28.3 Å². The number of hydrogen-bond acceptors (Lipinski definition) is 5. The van der Waals surface area contributed by atoms with Gasteiger partial charge in [-0.1, -0.05) is 0 Å². The molecule has 24 heavy (non-hydrogen) atoms. The van der Waals surface area contributed by atoms with E-state index in [0.717, 1.165) is 12.0 Å². The molecule has 1 aliphatic rings. The number of likely N-dealkylation sites (tertiary alicyclic amines) is 1. The van der Waals surface area contributed by atoms with Gasteiger partial charge in [-0.3, -0.25) is 14.5 Å². The number of rotatable bonds is 5. The minimum Gasteiger partial charge on any atom is -0.480 e. The molecule has 1 atom stereocenters. The molecule has 0 bridgehead atoms.